The summed E-state index contributed by atoms with van der Waals surface area (Å²) in [5, 5.41) is 5.01. The number of pyridine rings is 1. The zero-order valence-electron chi connectivity index (χ0n) is 14.0. The summed E-state index contributed by atoms with van der Waals surface area (Å²) < 4.78 is 17.2. The van der Waals surface area contributed by atoms with Crippen LogP contribution in [0.4, 0.5) is 5.69 Å². The molecule has 0 saturated carbocycles. The molecule has 26 heavy (non-hydrogen) atoms. The van der Waals surface area contributed by atoms with Crippen LogP contribution in [0, 0.1) is 0 Å². The van der Waals surface area contributed by atoms with E-state index in [9.17, 15) is 0 Å². The summed E-state index contributed by atoms with van der Waals surface area (Å²) in [7, 11) is 1.60. The molecule has 5 nitrogen and oxygen atoms in total. The third kappa shape index (κ3) is 4.03. The summed E-state index contributed by atoms with van der Waals surface area (Å²) in [5.41, 5.74) is 2.27. The Hall–Kier alpha value is -1.63. The quantitative estimate of drug-likeness (QED) is 0.443. The summed E-state index contributed by atoms with van der Waals surface area (Å²) in [6.45, 7) is 0.938. The van der Waals surface area contributed by atoms with Crippen molar-refractivity contribution >= 4 is 50.5 Å². The molecule has 0 unspecified atom stereocenters. The van der Waals surface area contributed by atoms with Crippen LogP contribution >= 0.6 is 39.1 Å². The summed E-state index contributed by atoms with van der Waals surface area (Å²) in [4.78, 5) is 3.97. The maximum absolute atomic E-state index is 6.22. The van der Waals surface area contributed by atoms with Crippen molar-refractivity contribution in [3.05, 3.63) is 46.2 Å². The van der Waals surface area contributed by atoms with Crippen LogP contribution in [-0.4, -0.2) is 30.6 Å². The molecule has 138 valence electrons. The van der Waals surface area contributed by atoms with Crippen LogP contribution in [0.1, 0.15) is 12.0 Å². The summed E-state index contributed by atoms with van der Waals surface area (Å²) in [5.74, 6) is 1.84. The predicted octanol–water partition coefficient (Wildman–Crippen LogP) is 5.41. The van der Waals surface area contributed by atoms with Crippen LogP contribution in [0.2, 0.25) is 10.0 Å². The second kappa shape index (κ2) is 8.84. The molecule has 0 saturated heterocycles. The van der Waals surface area contributed by atoms with E-state index in [4.69, 9.17) is 37.4 Å². The number of hydrogen-bond acceptors (Lipinski definition) is 5. The molecule has 0 bridgehead atoms. The monoisotopic (exact) mass is 458 g/mol. The van der Waals surface area contributed by atoms with Gasteiger partial charge in [0.2, 0.25) is 5.75 Å². The Balaban J connectivity index is 1.96. The van der Waals surface area contributed by atoms with Crippen LogP contribution in [0.15, 0.2) is 30.6 Å². The third-order valence-corrected chi connectivity index (χ3v) is 4.87. The molecule has 0 aliphatic carbocycles. The maximum atomic E-state index is 6.22. The minimum absolute atomic E-state index is 0.387. The van der Waals surface area contributed by atoms with Crippen LogP contribution in [0.3, 0.4) is 0 Å². The molecule has 1 aromatic carbocycles. The lowest BCUT2D eigenvalue weighted by Gasteiger charge is -2.24. The minimum atomic E-state index is 0.387. The molecule has 0 radical (unpaired) electrons. The molecule has 2 heterocycles. The highest BCUT2D eigenvalue weighted by Crippen LogP contribution is 2.45. The molecular formula is C18H17BrCl2N2O3. The van der Waals surface area contributed by atoms with Gasteiger partial charge in [0, 0.05) is 29.0 Å². The molecule has 3 rings (SSSR count). The fourth-order valence-electron chi connectivity index (χ4n) is 2.53. The molecule has 8 heteroatoms. The first kappa shape index (κ1) is 19.1. The van der Waals surface area contributed by atoms with Gasteiger partial charge in [-0.3, -0.25) is 4.98 Å². The Kier molecular flexibility index (Phi) is 6.51. The third-order valence-electron chi connectivity index (χ3n) is 3.74. The lowest BCUT2D eigenvalue weighted by atomic mass is 10.1. The van der Waals surface area contributed by atoms with Crippen molar-refractivity contribution in [3.8, 4) is 17.2 Å². The second-order valence-corrected chi connectivity index (χ2v) is 7.00. The van der Waals surface area contributed by atoms with Crippen LogP contribution in [0.5, 0.6) is 17.2 Å². The Morgan fingerprint density at radius 3 is 2.73 bits per heavy atom. The van der Waals surface area contributed by atoms with Crippen LogP contribution in [0.25, 0.3) is 5.70 Å². The van der Waals surface area contributed by atoms with Gasteiger partial charge in [-0.25, -0.2) is 0 Å². The lowest BCUT2D eigenvalue weighted by molar-refractivity contribution is 0.266. The van der Waals surface area contributed by atoms with Gasteiger partial charge in [-0.2, -0.15) is 0 Å². The van der Waals surface area contributed by atoms with Crippen LogP contribution < -0.4 is 19.5 Å². The van der Waals surface area contributed by atoms with E-state index in [2.05, 4.69) is 26.2 Å². The number of rotatable bonds is 7. The van der Waals surface area contributed by atoms with Crippen molar-refractivity contribution < 1.29 is 14.2 Å². The van der Waals surface area contributed by atoms with Crippen LogP contribution in [-0.2, 0) is 0 Å². The van der Waals surface area contributed by atoms with Gasteiger partial charge in [-0.05, 0) is 24.6 Å². The number of hydrogen-bond donors (Lipinski definition) is 1. The van der Waals surface area contributed by atoms with Crippen molar-refractivity contribution in [1.82, 2.24) is 4.98 Å². The second-order valence-electron chi connectivity index (χ2n) is 5.40. The molecule has 1 N–H and O–H groups in total. The number of fused-ring (bicyclic) bond motifs is 1. The van der Waals surface area contributed by atoms with Crippen molar-refractivity contribution in [3.63, 3.8) is 0 Å². The van der Waals surface area contributed by atoms with Crippen molar-refractivity contribution in [1.29, 1.82) is 0 Å². The number of nitrogens with zero attached hydrogens (tertiary/aromatic N) is 1. The van der Waals surface area contributed by atoms with E-state index in [1.54, 1.807) is 19.5 Å². The molecule has 0 fully saturated rings. The molecular weight excluding hydrogens is 443 g/mol. The number of nitrogens with one attached hydrogen (secondary N) is 1. The van der Waals surface area contributed by atoms with E-state index < -0.39 is 0 Å². The average molecular weight is 460 g/mol. The predicted molar refractivity (Wildman–Crippen MR) is 108 cm³/mol. The number of halogens is 3. The van der Waals surface area contributed by atoms with Gasteiger partial charge in [-0.15, -0.1) is 0 Å². The molecule has 1 aliphatic heterocycles. The average Bonchev–Trinajstić information content (AvgIpc) is 2.65. The van der Waals surface area contributed by atoms with Gasteiger partial charge in [0.25, 0.3) is 0 Å². The summed E-state index contributed by atoms with van der Waals surface area (Å²) in [6.07, 6.45) is 5.87. The SMILES string of the molecule is COc1ccc2c(c1OCCCBr)OCC=C2Nc1c(Cl)cncc1Cl. The van der Waals surface area contributed by atoms with E-state index >= 15 is 0 Å². The highest BCUT2D eigenvalue weighted by atomic mass is 79.9. The zero-order chi connectivity index (χ0) is 18.5. The first-order valence-electron chi connectivity index (χ1n) is 7.94. The normalized spacial score (nSPS) is 12.7. The topological polar surface area (TPSA) is 52.6 Å². The van der Waals surface area contributed by atoms with Gasteiger partial charge in [0.1, 0.15) is 6.61 Å². The number of ether oxygens (including phenoxy) is 3. The highest BCUT2D eigenvalue weighted by molar-refractivity contribution is 9.09. The molecule has 0 amide bonds. The van der Waals surface area contributed by atoms with E-state index in [0.29, 0.717) is 46.2 Å². The fraction of sp³-hybridized carbons (Fsp3) is 0.278. The van der Waals surface area contributed by atoms with E-state index in [0.717, 1.165) is 23.0 Å². The fourth-order valence-corrected chi connectivity index (χ4v) is 3.22. The van der Waals surface area contributed by atoms with Gasteiger partial charge < -0.3 is 19.5 Å². The largest absolute Gasteiger partial charge is 0.493 e. The standard InChI is InChI=1S/C18H17BrCl2N2O3/c1-24-15-4-3-11-14(23-16-12(20)9-22-10-13(16)21)5-8-26-17(11)18(15)25-7-2-6-19/h3-5,9-10H,2,6-8H2,1H3,(H,22,23). The van der Waals surface area contributed by atoms with Gasteiger partial charge >= 0.3 is 0 Å². The number of methoxy groups -OCH3 is 1. The Morgan fingerprint density at radius 1 is 1.27 bits per heavy atom. The Bertz CT molecular complexity index is 810. The molecule has 0 atom stereocenters. The lowest BCUT2D eigenvalue weighted by Crippen LogP contribution is -2.12. The van der Waals surface area contributed by atoms with Gasteiger partial charge in [-0.1, -0.05) is 39.1 Å². The highest BCUT2D eigenvalue weighted by Gasteiger charge is 2.23. The van der Waals surface area contributed by atoms with E-state index in [1.165, 1.54) is 0 Å². The molecule has 1 aliphatic rings. The smallest absolute Gasteiger partial charge is 0.204 e. The number of benzene rings is 1. The number of anilines is 1. The molecule has 0 spiro atoms. The summed E-state index contributed by atoms with van der Waals surface area (Å²) in [6, 6.07) is 3.76. The molecule has 1 aromatic heterocycles. The van der Waals surface area contributed by atoms with Crippen molar-refractivity contribution in [2.24, 2.45) is 0 Å². The maximum Gasteiger partial charge on any atom is 0.204 e. The Labute approximate surface area is 170 Å². The summed E-state index contributed by atoms with van der Waals surface area (Å²) >= 11 is 15.8. The first-order chi connectivity index (χ1) is 12.7. The van der Waals surface area contributed by atoms with E-state index in [1.807, 2.05) is 18.2 Å². The zero-order valence-corrected chi connectivity index (χ0v) is 17.1. The first-order valence-corrected chi connectivity index (χ1v) is 9.82. The Morgan fingerprint density at radius 2 is 2.04 bits per heavy atom. The van der Waals surface area contributed by atoms with E-state index in [-0.39, 0.29) is 0 Å². The van der Waals surface area contributed by atoms with Gasteiger partial charge in [0.15, 0.2) is 11.5 Å². The minimum Gasteiger partial charge on any atom is -0.493 e. The van der Waals surface area contributed by atoms with Crippen molar-refractivity contribution in [2.45, 2.75) is 6.42 Å². The number of aromatic nitrogens is 1. The molecule has 2 aromatic rings. The van der Waals surface area contributed by atoms with Gasteiger partial charge in [0.05, 0.1) is 29.4 Å². The number of alkyl halides is 1. The van der Waals surface area contributed by atoms with Crippen molar-refractivity contribution in [2.75, 3.05) is 31.0 Å².